The van der Waals surface area contributed by atoms with E-state index in [2.05, 4.69) is 68.4 Å². The molecule has 15 nitrogen and oxygen atoms in total. The van der Waals surface area contributed by atoms with Crippen LogP contribution in [-0.4, -0.2) is 99.3 Å². The largest absolute Gasteiger partial charge is 0.490 e. The van der Waals surface area contributed by atoms with Crippen molar-refractivity contribution in [1.29, 1.82) is 0 Å². The molecule has 0 radical (unpaired) electrons. The minimum absolute atomic E-state index is 0.121. The number of hydrogen-bond donors (Lipinski definition) is 2. The van der Waals surface area contributed by atoms with E-state index in [0.717, 1.165) is 120 Å². The molecular weight excluding hydrogens is 999 g/mol. The Bertz CT molecular complexity index is 3370. The van der Waals surface area contributed by atoms with Gasteiger partial charge >= 0.3 is 5.97 Å². The summed E-state index contributed by atoms with van der Waals surface area (Å²) in [6.45, 7) is 16.3. The van der Waals surface area contributed by atoms with Gasteiger partial charge in [0.1, 0.15) is 17.2 Å². The highest BCUT2D eigenvalue weighted by Crippen LogP contribution is 2.39. The van der Waals surface area contributed by atoms with Gasteiger partial charge in [-0.3, -0.25) is 34.6 Å². The molecule has 3 amide bonds. The third-order valence-electron chi connectivity index (χ3n) is 16.3. The second-order valence-corrected chi connectivity index (χ2v) is 24.0. The number of amides is 3. The Morgan fingerprint density at radius 2 is 1.64 bits per heavy atom. The van der Waals surface area contributed by atoms with Gasteiger partial charge in [0, 0.05) is 81.5 Å². The maximum absolute atomic E-state index is 14.1. The number of fused-ring (bicyclic) bond motifs is 3. The van der Waals surface area contributed by atoms with E-state index in [1.54, 1.807) is 0 Å². The molecule has 3 aliphatic heterocycles. The van der Waals surface area contributed by atoms with Gasteiger partial charge < -0.3 is 19.3 Å². The highest BCUT2D eigenvalue weighted by molar-refractivity contribution is 7.22. The summed E-state index contributed by atoms with van der Waals surface area (Å²) < 4.78 is 15.7. The maximum atomic E-state index is 14.1. The van der Waals surface area contributed by atoms with Crippen molar-refractivity contribution in [3.05, 3.63) is 125 Å². The van der Waals surface area contributed by atoms with Crippen molar-refractivity contribution in [2.24, 2.45) is 18.9 Å². The van der Waals surface area contributed by atoms with Gasteiger partial charge in [0.05, 0.1) is 33.4 Å². The Balaban J connectivity index is 0.684. The molecule has 406 valence electrons. The smallest absolute Gasteiger partial charge is 0.358 e. The van der Waals surface area contributed by atoms with Crippen molar-refractivity contribution in [2.75, 3.05) is 54.4 Å². The van der Waals surface area contributed by atoms with Crippen molar-refractivity contribution >= 4 is 72.8 Å². The van der Waals surface area contributed by atoms with Crippen molar-refractivity contribution in [1.82, 2.24) is 30.0 Å². The number of aromatic nitrogens is 4. The van der Waals surface area contributed by atoms with Crippen LogP contribution in [0.2, 0.25) is 0 Å². The number of pyridine rings is 1. The summed E-state index contributed by atoms with van der Waals surface area (Å²) in [6, 6.07) is 30.2. The fourth-order valence-electron chi connectivity index (χ4n) is 12.1. The topological polar surface area (TPSA) is 164 Å². The average Bonchev–Trinajstić information content (AvgIpc) is 4.11. The molecule has 6 heterocycles. The normalized spacial score (nSPS) is 19.6. The van der Waals surface area contributed by atoms with E-state index in [1.165, 1.54) is 29.9 Å². The van der Waals surface area contributed by atoms with Gasteiger partial charge in [-0.05, 0) is 161 Å². The molecule has 4 aliphatic rings. The van der Waals surface area contributed by atoms with Crippen LogP contribution in [-0.2, 0) is 34.3 Å². The van der Waals surface area contributed by atoms with E-state index in [0.29, 0.717) is 59.8 Å². The minimum atomic E-state index is -0.732. The van der Waals surface area contributed by atoms with Gasteiger partial charge in [0.2, 0.25) is 11.8 Å². The van der Waals surface area contributed by atoms with Crippen LogP contribution in [0.15, 0.2) is 91.0 Å². The second kappa shape index (κ2) is 22.3. The first-order chi connectivity index (χ1) is 37.6. The second-order valence-electron chi connectivity index (χ2n) is 23.0. The van der Waals surface area contributed by atoms with Crippen LogP contribution in [0.1, 0.15) is 128 Å². The van der Waals surface area contributed by atoms with Crippen LogP contribution < -0.4 is 25.2 Å². The number of nitrogens with one attached hydrogen (secondary N) is 2. The number of hydrogen-bond acceptors (Lipinski definition) is 13. The van der Waals surface area contributed by atoms with Gasteiger partial charge in [-0.15, -0.1) is 0 Å². The van der Waals surface area contributed by atoms with Crippen molar-refractivity contribution in [2.45, 2.75) is 117 Å². The summed E-state index contributed by atoms with van der Waals surface area (Å²) in [5, 5.41) is 11.8. The number of carbonyl (C=O) groups is 4. The Morgan fingerprint density at radius 3 is 2.42 bits per heavy atom. The molecule has 2 atom stereocenters. The third-order valence-corrected chi connectivity index (χ3v) is 17.3. The number of para-hydroxylation sites is 1. The molecule has 78 heavy (non-hydrogen) atoms. The van der Waals surface area contributed by atoms with E-state index in [-0.39, 0.29) is 29.5 Å². The number of rotatable bonds is 14. The predicted octanol–water partition coefficient (Wildman–Crippen LogP) is 11.0. The molecule has 1 aliphatic carbocycles. The lowest BCUT2D eigenvalue weighted by molar-refractivity contribution is -0.134. The van der Waals surface area contributed by atoms with Gasteiger partial charge in [-0.1, -0.05) is 61.1 Å². The number of anilines is 3. The average molecular weight is 1070 g/mol. The summed E-state index contributed by atoms with van der Waals surface area (Å²) in [4.78, 5) is 69.3. The van der Waals surface area contributed by atoms with Gasteiger partial charge in [-0.2, -0.15) is 5.10 Å². The molecule has 7 aromatic rings. The monoisotopic (exact) mass is 1070 g/mol. The van der Waals surface area contributed by atoms with Crippen LogP contribution in [0.4, 0.5) is 16.6 Å². The standard InChI is InChI=1S/C62H71N9O6S/c1-38(36-69-31-33-70(34-32-69)42-21-24-47-51(35-42)68(6)67-56(47)48-26-28-55(72)65-59(48)74)17-18-40-19-22-43(23-20-40)76-52-15-10-12-44(39(52)2)45-25-27-54(64-57(45)60(75)77-62(3,4)5)71-30-29-41-11-9-13-46(49(41)37-71)58(73)66-61-63-50-14-7-8-16-53(50)78-61/h7-16,21,24-25,27,35,38,40,43,48H,17-20,22-23,26,28-34,36-37H2,1-6H3,(H,63,66,73)(H,65,72,74)/t38-,40?,43?,48-/m1/s1. The lowest BCUT2D eigenvalue weighted by atomic mass is 9.83. The number of thiazole rings is 1. The minimum Gasteiger partial charge on any atom is -0.490 e. The zero-order valence-electron chi connectivity index (χ0n) is 45.8. The zero-order chi connectivity index (χ0) is 54.2. The molecule has 2 N–H and O–H groups in total. The Morgan fingerprint density at radius 1 is 0.846 bits per heavy atom. The maximum Gasteiger partial charge on any atom is 0.358 e. The number of nitrogens with zero attached hydrogens (tertiary/aromatic N) is 7. The molecule has 1 saturated carbocycles. The molecular formula is C62H71N9O6S. The van der Waals surface area contributed by atoms with E-state index < -0.39 is 17.5 Å². The number of aryl methyl sites for hydroxylation is 1. The first-order valence-corrected chi connectivity index (χ1v) is 28.7. The highest BCUT2D eigenvalue weighted by Gasteiger charge is 2.33. The Hall–Kier alpha value is -7.17. The molecule has 11 rings (SSSR count). The molecule has 2 saturated heterocycles. The number of esters is 1. The van der Waals surface area contributed by atoms with Crippen LogP contribution in [0.3, 0.4) is 0 Å². The molecule has 3 fully saturated rings. The first-order valence-electron chi connectivity index (χ1n) is 27.9. The van der Waals surface area contributed by atoms with Crippen LogP contribution in [0.25, 0.3) is 32.2 Å². The Labute approximate surface area is 460 Å². The van der Waals surface area contributed by atoms with Crippen molar-refractivity contribution in [3.8, 4) is 16.9 Å². The van der Waals surface area contributed by atoms with E-state index in [4.69, 9.17) is 19.6 Å². The Kier molecular flexibility index (Phi) is 15.1. The van der Waals surface area contributed by atoms with E-state index in [1.807, 2.05) is 99.2 Å². The number of imide groups is 1. The quantitative estimate of drug-likeness (QED) is 0.0784. The molecule has 4 aromatic carbocycles. The predicted molar refractivity (Wildman–Crippen MR) is 308 cm³/mol. The fourth-order valence-corrected chi connectivity index (χ4v) is 12.9. The summed E-state index contributed by atoms with van der Waals surface area (Å²) in [5.41, 5.74) is 8.46. The summed E-state index contributed by atoms with van der Waals surface area (Å²) in [7, 11) is 1.93. The number of ether oxygens (including phenoxy) is 2. The lowest BCUT2D eigenvalue weighted by Gasteiger charge is -2.37. The number of benzene rings is 4. The van der Waals surface area contributed by atoms with E-state index in [9.17, 15) is 19.2 Å². The SMILES string of the molecule is Cc1c(OC2CCC(CC[C@@H](C)CN3CCN(c4ccc5c([C@H]6CCC(=O)NC6=O)nn(C)c5c4)CC3)CC2)cccc1-c1ccc(N2CCc3cccc(C(=O)Nc4nc5ccccc5s4)c3C2)nc1C(=O)OC(C)(C)C. The lowest BCUT2D eigenvalue weighted by Crippen LogP contribution is -2.47. The fraction of sp³-hybridized carbons (Fsp3) is 0.435. The number of carbonyl (C=O) groups excluding carboxylic acids is 4. The highest BCUT2D eigenvalue weighted by atomic mass is 32.1. The van der Waals surface area contributed by atoms with Crippen LogP contribution in [0, 0.1) is 18.8 Å². The summed E-state index contributed by atoms with van der Waals surface area (Å²) >= 11 is 1.45. The zero-order valence-corrected chi connectivity index (χ0v) is 46.6. The van der Waals surface area contributed by atoms with Crippen LogP contribution in [0.5, 0.6) is 5.75 Å². The number of piperidine rings is 1. The van der Waals surface area contributed by atoms with Gasteiger partial charge in [-0.25, -0.2) is 14.8 Å². The molecule has 0 bridgehead atoms. The summed E-state index contributed by atoms with van der Waals surface area (Å²) in [5.74, 6) is 1.20. The third kappa shape index (κ3) is 11.5. The van der Waals surface area contributed by atoms with E-state index >= 15 is 0 Å². The van der Waals surface area contributed by atoms with Crippen molar-refractivity contribution < 1.29 is 28.7 Å². The molecule has 16 heteroatoms. The van der Waals surface area contributed by atoms with Gasteiger partial charge in [0.15, 0.2) is 10.8 Å². The van der Waals surface area contributed by atoms with Crippen molar-refractivity contribution in [3.63, 3.8) is 0 Å². The molecule has 0 unspecified atom stereocenters. The number of piperazine rings is 1. The van der Waals surface area contributed by atoms with Gasteiger partial charge in [0.25, 0.3) is 5.91 Å². The first kappa shape index (κ1) is 52.9. The molecule has 0 spiro atoms. The van der Waals surface area contributed by atoms with Crippen LogP contribution >= 0.6 is 11.3 Å². The molecule has 3 aromatic heterocycles. The summed E-state index contributed by atoms with van der Waals surface area (Å²) in [6.07, 6.45) is 8.43.